The van der Waals surface area contributed by atoms with E-state index in [0.717, 1.165) is 19.1 Å². The first kappa shape index (κ1) is 20.4. The number of aliphatic hydroxyl groups is 1. The highest BCUT2D eigenvalue weighted by molar-refractivity contribution is 6.00. The number of rotatable bonds is 6. The molecule has 8 nitrogen and oxygen atoms in total. The summed E-state index contributed by atoms with van der Waals surface area (Å²) in [6.45, 7) is 7.57. The Bertz CT molecular complexity index is 1020. The van der Waals surface area contributed by atoms with Gasteiger partial charge in [0.15, 0.2) is 5.60 Å². The number of hydrogen-bond acceptors (Lipinski definition) is 5. The van der Waals surface area contributed by atoms with Crippen molar-refractivity contribution in [2.75, 3.05) is 11.9 Å². The van der Waals surface area contributed by atoms with Gasteiger partial charge in [0.1, 0.15) is 24.2 Å². The lowest BCUT2D eigenvalue weighted by molar-refractivity contribution is -0.135. The van der Waals surface area contributed by atoms with Crippen LogP contribution in [0.4, 0.5) is 15.8 Å². The molecule has 0 unspecified atom stereocenters. The van der Waals surface area contributed by atoms with E-state index < -0.39 is 29.9 Å². The van der Waals surface area contributed by atoms with Crippen molar-refractivity contribution < 1.29 is 28.9 Å². The van der Waals surface area contributed by atoms with Gasteiger partial charge in [-0.25, -0.2) is 14.0 Å². The summed E-state index contributed by atoms with van der Waals surface area (Å²) in [5.74, 6) is -3.02. The van der Waals surface area contributed by atoms with E-state index in [0.29, 0.717) is 0 Å². The number of hydrogen-bond donors (Lipinski definition) is 3. The number of carboxylic acids is 1. The predicted octanol–water partition coefficient (Wildman–Crippen LogP) is 2.71. The Hall–Kier alpha value is -3.95. The second-order valence-corrected chi connectivity index (χ2v) is 5.92. The Kier molecular flexibility index (Phi) is 5.94. The topological polar surface area (TPSA) is 124 Å². The molecule has 2 rings (SSSR count). The summed E-state index contributed by atoms with van der Waals surface area (Å²) in [6.07, 6.45) is 0. The number of anilines is 1. The molecule has 0 spiro atoms. The number of carbonyl (C=O) groups excluding carboxylic acids is 1. The van der Waals surface area contributed by atoms with Crippen LogP contribution in [0.2, 0.25) is 0 Å². The molecule has 0 aromatic heterocycles. The van der Waals surface area contributed by atoms with Crippen molar-refractivity contribution in [2.45, 2.75) is 12.5 Å². The summed E-state index contributed by atoms with van der Waals surface area (Å²) < 4.78 is 18.8. The highest BCUT2D eigenvalue weighted by Crippen LogP contribution is 2.24. The number of aromatic carboxylic acids is 1. The summed E-state index contributed by atoms with van der Waals surface area (Å²) >= 11 is 0. The SMILES string of the molecule is [C-]#[N+]c1ccc(NC(=O)[C@@](C)(O)COc2ccc(C#N)c(F)c2)cc1C(=O)O. The van der Waals surface area contributed by atoms with Gasteiger partial charge in [-0.2, -0.15) is 5.26 Å². The van der Waals surface area contributed by atoms with E-state index in [-0.39, 0.29) is 28.3 Å². The van der Waals surface area contributed by atoms with Crippen LogP contribution < -0.4 is 10.1 Å². The third-order valence-electron chi connectivity index (χ3n) is 3.68. The van der Waals surface area contributed by atoms with Gasteiger partial charge in [0.2, 0.25) is 5.69 Å². The van der Waals surface area contributed by atoms with Crippen LogP contribution in [0.5, 0.6) is 5.75 Å². The van der Waals surface area contributed by atoms with Gasteiger partial charge in [-0.3, -0.25) is 4.79 Å². The second-order valence-electron chi connectivity index (χ2n) is 5.92. The van der Waals surface area contributed by atoms with Crippen LogP contribution in [0, 0.1) is 23.7 Å². The zero-order valence-corrected chi connectivity index (χ0v) is 14.6. The standard InChI is InChI=1S/C19H14FN3O5/c1-19(27,10-28-13-5-3-11(9-21)15(20)8-13)18(26)23-12-4-6-16(22-2)14(7-12)17(24)25/h3-8,27H,10H2,1H3,(H,23,26)(H,24,25)/t19-/m0/s1. The number of carboxylic acid groups (broad SMARTS) is 1. The molecular weight excluding hydrogens is 369 g/mol. The fraction of sp³-hybridized carbons (Fsp3) is 0.158. The van der Waals surface area contributed by atoms with Crippen molar-refractivity contribution in [1.82, 2.24) is 0 Å². The molecular formula is C19H14FN3O5. The van der Waals surface area contributed by atoms with Crippen LogP contribution in [0.3, 0.4) is 0 Å². The molecule has 9 heteroatoms. The molecule has 0 heterocycles. The number of amides is 1. The molecule has 0 saturated carbocycles. The van der Waals surface area contributed by atoms with Crippen molar-refractivity contribution >= 4 is 23.3 Å². The van der Waals surface area contributed by atoms with Crippen LogP contribution in [0.25, 0.3) is 4.85 Å². The summed E-state index contributed by atoms with van der Waals surface area (Å²) in [5.41, 5.74) is -2.53. The maximum atomic E-state index is 13.6. The van der Waals surface area contributed by atoms with E-state index in [2.05, 4.69) is 10.2 Å². The summed E-state index contributed by atoms with van der Waals surface area (Å²) in [6, 6.07) is 8.78. The third-order valence-corrected chi connectivity index (χ3v) is 3.68. The number of nitrogens with zero attached hydrogens (tertiary/aromatic N) is 2. The largest absolute Gasteiger partial charge is 0.490 e. The number of carbonyl (C=O) groups is 2. The molecule has 0 fully saturated rings. The van der Waals surface area contributed by atoms with Gasteiger partial charge in [0.05, 0.1) is 17.7 Å². The number of ether oxygens (including phenoxy) is 1. The molecule has 0 bridgehead atoms. The molecule has 3 N–H and O–H groups in total. The lowest BCUT2D eigenvalue weighted by Crippen LogP contribution is -2.45. The van der Waals surface area contributed by atoms with Gasteiger partial charge in [-0.1, -0.05) is 6.07 Å². The highest BCUT2D eigenvalue weighted by Gasteiger charge is 2.32. The minimum atomic E-state index is -2.04. The Balaban J connectivity index is 2.10. The molecule has 1 amide bonds. The molecule has 0 saturated heterocycles. The van der Waals surface area contributed by atoms with Crippen LogP contribution >= 0.6 is 0 Å². The van der Waals surface area contributed by atoms with Crippen LogP contribution in [0.15, 0.2) is 36.4 Å². The van der Waals surface area contributed by atoms with Crippen LogP contribution in [-0.2, 0) is 4.79 Å². The minimum absolute atomic E-state index is 0.0131. The Morgan fingerprint density at radius 3 is 2.64 bits per heavy atom. The van der Waals surface area contributed by atoms with Gasteiger partial charge >= 0.3 is 5.97 Å². The van der Waals surface area contributed by atoms with Gasteiger partial charge in [-0.05, 0) is 31.2 Å². The van der Waals surface area contributed by atoms with Gasteiger partial charge < -0.3 is 20.3 Å². The number of nitrogens with one attached hydrogen (secondary N) is 1. The molecule has 1 atom stereocenters. The summed E-state index contributed by atoms with van der Waals surface area (Å²) in [4.78, 5) is 26.5. The van der Waals surface area contributed by atoms with E-state index in [1.807, 2.05) is 0 Å². The van der Waals surface area contributed by atoms with E-state index in [1.54, 1.807) is 6.07 Å². The molecule has 0 radical (unpaired) electrons. The van der Waals surface area contributed by atoms with E-state index in [9.17, 15) is 19.1 Å². The predicted molar refractivity (Wildman–Crippen MR) is 95.5 cm³/mol. The second kappa shape index (κ2) is 8.16. The molecule has 2 aromatic rings. The summed E-state index contributed by atoms with van der Waals surface area (Å²) in [5, 5.41) is 30.4. The lowest BCUT2D eigenvalue weighted by atomic mass is 10.1. The summed E-state index contributed by atoms with van der Waals surface area (Å²) in [7, 11) is 0. The van der Waals surface area contributed by atoms with Crippen LogP contribution in [-0.4, -0.2) is 34.3 Å². The number of benzene rings is 2. The Morgan fingerprint density at radius 2 is 2.07 bits per heavy atom. The van der Waals surface area contributed by atoms with Gasteiger partial charge in [-0.15, -0.1) is 0 Å². The average Bonchev–Trinajstić information content (AvgIpc) is 2.66. The minimum Gasteiger partial charge on any atom is -0.490 e. The third kappa shape index (κ3) is 4.61. The Morgan fingerprint density at radius 1 is 1.36 bits per heavy atom. The smallest absolute Gasteiger partial charge is 0.325 e. The first-order valence-corrected chi connectivity index (χ1v) is 7.79. The molecule has 142 valence electrons. The van der Waals surface area contributed by atoms with Crippen molar-refractivity contribution in [2.24, 2.45) is 0 Å². The maximum absolute atomic E-state index is 13.6. The first-order chi connectivity index (χ1) is 13.2. The van der Waals surface area contributed by atoms with Crippen molar-refractivity contribution in [3.63, 3.8) is 0 Å². The highest BCUT2D eigenvalue weighted by atomic mass is 19.1. The van der Waals surface area contributed by atoms with Crippen molar-refractivity contribution in [3.8, 4) is 11.8 Å². The number of nitriles is 1. The van der Waals surface area contributed by atoms with E-state index in [1.165, 1.54) is 24.3 Å². The monoisotopic (exact) mass is 383 g/mol. The fourth-order valence-corrected chi connectivity index (χ4v) is 2.11. The molecule has 0 aliphatic heterocycles. The normalized spacial score (nSPS) is 12.2. The van der Waals surface area contributed by atoms with Gasteiger partial charge in [0, 0.05) is 11.8 Å². The molecule has 0 aliphatic carbocycles. The van der Waals surface area contributed by atoms with Crippen molar-refractivity contribution in [3.05, 3.63) is 64.8 Å². The average molecular weight is 383 g/mol. The molecule has 2 aromatic carbocycles. The first-order valence-electron chi connectivity index (χ1n) is 7.79. The maximum Gasteiger partial charge on any atom is 0.325 e. The van der Waals surface area contributed by atoms with Crippen LogP contribution in [0.1, 0.15) is 22.8 Å². The van der Waals surface area contributed by atoms with E-state index >= 15 is 0 Å². The lowest BCUT2D eigenvalue weighted by Gasteiger charge is -2.22. The quantitative estimate of drug-likeness (QED) is 0.659. The number of halogens is 1. The molecule has 28 heavy (non-hydrogen) atoms. The Labute approximate surface area is 159 Å². The van der Waals surface area contributed by atoms with Crippen molar-refractivity contribution in [1.29, 1.82) is 5.26 Å². The molecule has 0 aliphatic rings. The van der Waals surface area contributed by atoms with Gasteiger partial charge in [0.25, 0.3) is 5.91 Å². The zero-order valence-electron chi connectivity index (χ0n) is 14.6. The fourth-order valence-electron chi connectivity index (χ4n) is 2.11. The van der Waals surface area contributed by atoms with E-state index in [4.69, 9.17) is 21.7 Å². The zero-order chi connectivity index (χ0) is 20.9.